The summed E-state index contributed by atoms with van der Waals surface area (Å²) in [5, 5.41) is 9.34. The molecule has 0 saturated carbocycles. The average Bonchev–Trinajstić information content (AvgIpc) is 2.86. The molecule has 0 aliphatic rings. The molecular formula is C13H10Cl2O3S. The predicted octanol–water partition coefficient (Wildman–Crippen LogP) is 4.65. The Hall–Kier alpha value is -1.10. The molecule has 2 aromatic rings. The fourth-order valence-corrected chi connectivity index (χ4v) is 2.83. The van der Waals surface area contributed by atoms with Crippen LogP contribution in [-0.2, 0) is 10.5 Å². The molecule has 1 unspecified atom stereocenters. The molecule has 0 aliphatic carbocycles. The van der Waals surface area contributed by atoms with E-state index in [1.54, 1.807) is 36.6 Å². The maximum absolute atomic E-state index is 11.3. The second-order valence-corrected chi connectivity index (χ2v) is 5.69. The second-order valence-electron chi connectivity index (χ2n) is 3.78. The molecule has 1 atom stereocenters. The summed E-state index contributed by atoms with van der Waals surface area (Å²) in [6, 6.07) is 8.42. The lowest BCUT2D eigenvalue weighted by molar-refractivity contribution is -0.136. The summed E-state index contributed by atoms with van der Waals surface area (Å²) in [7, 11) is 0. The van der Waals surface area contributed by atoms with Crippen LogP contribution in [0, 0.1) is 0 Å². The highest BCUT2D eigenvalue weighted by molar-refractivity contribution is 7.99. The van der Waals surface area contributed by atoms with E-state index in [0.717, 1.165) is 5.76 Å². The summed E-state index contributed by atoms with van der Waals surface area (Å²) in [4.78, 5) is 11.3. The van der Waals surface area contributed by atoms with E-state index in [-0.39, 0.29) is 0 Å². The van der Waals surface area contributed by atoms with Gasteiger partial charge in [0.15, 0.2) is 0 Å². The molecule has 0 radical (unpaired) electrons. The molecule has 0 saturated heterocycles. The highest BCUT2D eigenvalue weighted by Gasteiger charge is 2.21. The van der Waals surface area contributed by atoms with Crippen LogP contribution in [0.5, 0.6) is 0 Å². The highest BCUT2D eigenvalue weighted by Crippen LogP contribution is 2.35. The van der Waals surface area contributed by atoms with Gasteiger partial charge in [0.2, 0.25) is 0 Å². The van der Waals surface area contributed by atoms with Crippen molar-refractivity contribution >= 4 is 40.9 Å². The topological polar surface area (TPSA) is 50.4 Å². The monoisotopic (exact) mass is 316 g/mol. The number of carboxylic acid groups (broad SMARTS) is 1. The Bertz CT molecular complexity index is 569. The van der Waals surface area contributed by atoms with Crippen molar-refractivity contribution in [2.75, 3.05) is 0 Å². The molecule has 0 aliphatic heterocycles. The maximum Gasteiger partial charge on any atom is 0.321 e. The van der Waals surface area contributed by atoms with E-state index < -0.39 is 11.2 Å². The first-order chi connectivity index (χ1) is 9.08. The molecule has 19 heavy (non-hydrogen) atoms. The first-order valence-corrected chi connectivity index (χ1v) is 7.20. The van der Waals surface area contributed by atoms with Crippen LogP contribution in [0.25, 0.3) is 0 Å². The van der Waals surface area contributed by atoms with Crippen LogP contribution in [0.4, 0.5) is 0 Å². The first-order valence-electron chi connectivity index (χ1n) is 5.39. The Morgan fingerprint density at radius 1 is 1.32 bits per heavy atom. The molecule has 1 aromatic carbocycles. The fourth-order valence-electron chi connectivity index (χ4n) is 1.55. The molecule has 100 valence electrons. The molecule has 1 aromatic heterocycles. The van der Waals surface area contributed by atoms with Crippen LogP contribution >= 0.6 is 35.0 Å². The van der Waals surface area contributed by atoms with Gasteiger partial charge >= 0.3 is 5.97 Å². The van der Waals surface area contributed by atoms with Gasteiger partial charge in [-0.05, 0) is 29.8 Å². The standard InChI is InChI=1S/C13H10Cl2O3S/c14-10-4-3-8(6-11(10)15)12(13(16)17)19-7-9-2-1-5-18-9/h1-6,12H,7H2,(H,16,17). The highest BCUT2D eigenvalue weighted by atomic mass is 35.5. The van der Waals surface area contributed by atoms with Crippen molar-refractivity contribution in [3.8, 4) is 0 Å². The number of furan rings is 1. The van der Waals surface area contributed by atoms with Gasteiger partial charge in [0.05, 0.1) is 22.1 Å². The second kappa shape index (κ2) is 6.37. The van der Waals surface area contributed by atoms with Gasteiger partial charge in [-0.15, -0.1) is 11.8 Å². The van der Waals surface area contributed by atoms with Crippen LogP contribution in [-0.4, -0.2) is 11.1 Å². The number of carbonyl (C=O) groups is 1. The number of benzene rings is 1. The van der Waals surface area contributed by atoms with E-state index in [0.29, 0.717) is 21.4 Å². The third-order valence-corrected chi connectivity index (χ3v) is 4.44. The minimum Gasteiger partial charge on any atom is -0.480 e. The molecular weight excluding hydrogens is 307 g/mol. The molecule has 0 bridgehead atoms. The molecule has 0 spiro atoms. The zero-order chi connectivity index (χ0) is 13.8. The van der Waals surface area contributed by atoms with Crippen LogP contribution in [0.15, 0.2) is 41.0 Å². The quantitative estimate of drug-likeness (QED) is 0.872. The van der Waals surface area contributed by atoms with Gasteiger partial charge in [-0.3, -0.25) is 4.79 Å². The first kappa shape index (κ1) is 14.3. The maximum atomic E-state index is 11.3. The Kier molecular flexibility index (Phi) is 4.80. The number of halogens is 2. The van der Waals surface area contributed by atoms with Gasteiger partial charge in [-0.25, -0.2) is 0 Å². The van der Waals surface area contributed by atoms with E-state index >= 15 is 0 Å². The summed E-state index contributed by atoms with van der Waals surface area (Å²) in [6.07, 6.45) is 1.56. The third-order valence-electron chi connectivity index (χ3n) is 2.44. The summed E-state index contributed by atoms with van der Waals surface area (Å²) in [6.45, 7) is 0. The minimum atomic E-state index is -0.921. The molecule has 2 rings (SSSR count). The molecule has 0 fully saturated rings. The smallest absolute Gasteiger partial charge is 0.321 e. The minimum absolute atomic E-state index is 0.351. The Morgan fingerprint density at radius 3 is 2.68 bits per heavy atom. The van der Waals surface area contributed by atoms with Crippen molar-refractivity contribution in [2.45, 2.75) is 11.0 Å². The number of hydrogen-bond donors (Lipinski definition) is 1. The van der Waals surface area contributed by atoms with Crippen molar-refractivity contribution in [3.63, 3.8) is 0 Å². The van der Waals surface area contributed by atoms with E-state index in [1.807, 2.05) is 0 Å². The lowest BCUT2D eigenvalue weighted by Gasteiger charge is -2.12. The summed E-state index contributed by atoms with van der Waals surface area (Å²) in [5.74, 6) is 0.288. The largest absolute Gasteiger partial charge is 0.480 e. The SMILES string of the molecule is O=C(O)C(SCc1ccco1)c1ccc(Cl)c(Cl)c1. The van der Waals surface area contributed by atoms with Crippen molar-refractivity contribution < 1.29 is 14.3 Å². The van der Waals surface area contributed by atoms with E-state index in [4.69, 9.17) is 27.6 Å². The Labute approximate surface area is 124 Å². The van der Waals surface area contributed by atoms with Gasteiger partial charge < -0.3 is 9.52 Å². The molecule has 1 N–H and O–H groups in total. The predicted molar refractivity (Wildman–Crippen MR) is 76.8 cm³/mol. The molecule has 0 amide bonds. The van der Waals surface area contributed by atoms with Crippen molar-refractivity contribution in [1.29, 1.82) is 0 Å². The van der Waals surface area contributed by atoms with Crippen molar-refractivity contribution in [3.05, 3.63) is 58.0 Å². The molecule has 6 heteroatoms. The van der Waals surface area contributed by atoms with E-state index in [9.17, 15) is 9.90 Å². The van der Waals surface area contributed by atoms with Gasteiger partial charge in [0.1, 0.15) is 11.0 Å². The number of thioether (sulfide) groups is 1. The molecule has 1 heterocycles. The Balaban J connectivity index is 2.15. The summed E-state index contributed by atoms with van der Waals surface area (Å²) >= 11 is 13.0. The lowest BCUT2D eigenvalue weighted by atomic mass is 10.1. The van der Waals surface area contributed by atoms with Crippen LogP contribution < -0.4 is 0 Å². The third kappa shape index (κ3) is 3.69. The van der Waals surface area contributed by atoms with Crippen molar-refractivity contribution in [1.82, 2.24) is 0 Å². The number of hydrogen-bond acceptors (Lipinski definition) is 3. The number of carboxylic acids is 1. The number of aliphatic carboxylic acids is 1. The van der Waals surface area contributed by atoms with Gasteiger partial charge in [-0.1, -0.05) is 29.3 Å². The summed E-state index contributed by atoms with van der Waals surface area (Å²) < 4.78 is 5.18. The average molecular weight is 317 g/mol. The van der Waals surface area contributed by atoms with E-state index in [2.05, 4.69) is 0 Å². The van der Waals surface area contributed by atoms with Gasteiger partial charge in [-0.2, -0.15) is 0 Å². The lowest BCUT2D eigenvalue weighted by Crippen LogP contribution is -2.08. The normalized spacial score (nSPS) is 12.3. The summed E-state index contributed by atoms with van der Waals surface area (Å²) in [5.41, 5.74) is 0.610. The van der Waals surface area contributed by atoms with Crippen LogP contribution in [0.3, 0.4) is 0 Å². The zero-order valence-electron chi connectivity index (χ0n) is 9.68. The van der Waals surface area contributed by atoms with Gasteiger partial charge in [0, 0.05) is 0 Å². The Morgan fingerprint density at radius 2 is 2.11 bits per heavy atom. The zero-order valence-corrected chi connectivity index (χ0v) is 12.0. The van der Waals surface area contributed by atoms with Crippen LogP contribution in [0.2, 0.25) is 10.0 Å². The number of rotatable bonds is 5. The van der Waals surface area contributed by atoms with Crippen LogP contribution in [0.1, 0.15) is 16.6 Å². The van der Waals surface area contributed by atoms with Crippen molar-refractivity contribution in [2.24, 2.45) is 0 Å². The van der Waals surface area contributed by atoms with E-state index in [1.165, 1.54) is 11.8 Å². The fraction of sp³-hybridized carbons (Fsp3) is 0.154. The van der Waals surface area contributed by atoms with Gasteiger partial charge in [0.25, 0.3) is 0 Å². The molecule has 3 nitrogen and oxygen atoms in total.